The Kier molecular flexibility index (Phi) is 5.54. The van der Waals surface area contributed by atoms with E-state index in [1.165, 1.54) is 0 Å². The van der Waals surface area contributed by atoms with Crippen LogP contribution in [0.15, 0.2) is 57.5 Å². The van der Waals surface area contributed by atoms with Crippen molar-refractivity contribution in [3.63, 3.8) is 0 Å². The van der Waals surface area contributed by atoms with Crippen molar-refractivity contribution in [1.82, 2.24) is 0 Å². The molecule has 106 valence electrons. The van der Waals surface area contributed by atoms with Gasteiger partial charge in [0, 0.05) is 8.95 Å². The molecule has 0 bridgehead atoms. The lowest BCUT2D eigenvalue weighted by atomic mass is 10.00. The summed E-state index contributed by atoms with van der Waals surface area (Å²) in [5.41, 5.74) is 1.62. The van der Waals surface area contributed by atoms with Gasteiger partial charge in [-0.1, -0.05) is 46.3 Å². The standard InChI is InChI=1S/C16H12Br2N2O/c17-13-6-7-15(14(18)9-13)20-16(21)12(10-19)8-11-4-2-1-3-5-11/h1-7,9,12H,8H2,(H,20,21). The molecule has 21 heavy (non-hydrogen) atoms. The van der Waals surface area contributed by atoms with E-state index >= 15 is 0 Å². The van der Waals surface area contributed by atoms with Gasteiger partial charge in [0.25, 0.3) is 0 Å². The van der Waals surface area contributed by atoms with Crippen molar-refractivity contribution in [3.8, 4) is 6.07 Å². The Labute approximate surface area is 140 Å². The average Bonchev–Trinajstić information content (AvgIpc) is 2.48. The summed E-state index contributed by atoms with van der Waals surface area (Å²) < 4.78 is 1.68. The molecule has 2 aromatic rings. The molecule has 5 heteroatoms. The van der Waals surface area contributed by atoms with Crippen LogP contribution in [0.2, 0.25) is 0 Å². The van der Waals surface area contributed by atoms with Crippen molar-refractivity contribution in [3.05, 3.63) is 63.0 Å². The van der Waals surface area contributed by atoms with Gasteiger partial charge >= 0.3 is 0 Å². The first-order valence-electron chi connectivity index (χ1n) is 6.29. The van der Waals surface area contributed by atoms with E-state index in [4.69, 9.17) is 0 Å². The number of benzene rings is 2. The van der Waals surface area contributed by atoms with Gasteiger partial charge in [-0.3, -0.25) is 4.79 Å². The van der Waals surface area contributed by atoms with Crippen LogP contribution in [0.25, 0.3) is 0 Å². The third kappa shape index (κ3) is 4.42. The Hall–Kier alpha value is -1.64. The summed E-state index contributed by atoms with van der Waals surface area (Å²) in [5, 5.41) is 12.0. The summed E-state index contributed by atoms with van der Waals surface area (Å²) in [6.07, 6.45) is 0.400. The summed E-state index contributed by atoms with van der Waals surface area (Å²) in [4.78, 5) is 12.2. The fourth-order valence-corrected chi connectivity index (χ4v) is 3.00. The van der Waals surface area contributed by atoms with Crippen LogP contribution in [0.1, 0.15) is 5.56 Å². The van der Waals surface area contributed by atoms with Gasteiger partial charge in [0.1, 0.15) is 5.92 Å². The molecule has 0 fully saturated rings. The second-order valence-corrected chi connectivity index (χ2v) is 6.25. The first-order chi connectivity index (χ1) is 10.1. The predicted octanol–water partition coefficient (Wildman–Crippen LogP) is 4.53. The van der Waals surface area contributed by atoms with Gasteiger partial charge in [-0.05, 0) is 46.1 Å². The third-order valence-corrected chi connectivity index (χ3v) is 4.09. The summed E-state index contributed by atoms with van der Waals surface area (Å²) in [6.45, 7) is 0. The van der Waals surface area contributed by atoms with E-state index in [1.807, 2.05) is 42.5 Å². The van der Waals surface area contributed by atoms with Crippen molar-refractivity contribution in [2.45, 2.75) is 6.42 Å². The predicted molar refractivity (Wildman–Crippen MR) is 89.7 cm³/mol. The van der Waals surface area contributed by atoms with Crippen molar-refractivity contribution in [2.75, 3.05) is 5.32 Å². The summed E-state index contributed by atoms with van der Waals surface area (Å²) in [5.74, 6) is -1.02. The third-order valence-electron chi connectivity index (χ3n) is 2.94. The molecule has 2 aromatic carbocycles. The van der Waals surface area contributed by atoms with E-state index in [0.717, 1.165) is 14.5 Å². The van der Waals surface area contributed by atoms with Crippen LogP contribution in [-0.4, -0.2) is 5.91 Å². The van der Waals surface area contributed by atoms with E-state index in [1.54, 1.807) is 6.07 Å². The normalized spacial score (nSPS) is 11.5. The molecule has 0 aliphatic heterocycles. The van der Waals surface area contributed by atoms with Crippen molar-refractivity contribution >= 4 is 43.5 Å². The molecule has 0 spiro atoms. The molecule has 0 aromatic heterocycles. The number of carbonyl (C=O) groups is 1. The highest BCUT2D eigenvalue weighted by molar-refractivity contribution is 9.11. The van der Waals surface area contributed by atoms with Gasteiger partial charge < -0.3 is 5.32 Å². The number of amides is 1. The van der Waals surface area contributed by atoms with Crippen molar-refractivity contribution in [1.29, 1.82) is 5.26 Å². The second-order valence-electron chi connectivity index (χ2n) is 4.48. The largest absolute Gasteiger partial charge is 0.324 e. The molecule has 3 nitrogen and oxygen atoms in total. The number of rotatable bonds is 4. The van der Waals surface area contributed by atoms with Crippen LogP contribution in [-0.2, 0) is 11.2 Å². The fourth-order valence-electron chi connectivity index (χ4n) is 1.86. The van der Waals surface area contributed by atoms with Gasteiger partial charge in [-0.2, -0.15) is 5.26 Å². The number of nitriles is 1. The second kappa shape index (κ2) is 7.39. The van der Waals surface area contributed by atoms with Crippen LogP contribution in [0, 0.1) is 17.2 Å². The van der Waals surface area contributed by atoms with E-state index in [0.29, 0.717) is 12.1 Å². The SMILES string of the molecule is N#CC(Cc1ccccc1)C(=O)Nc1ccc(Br)cc1Br. The average molecular weight is 408 g/mol. The fraction of sp³-hybridized carbons (Fsp3) is 0.125. The molecular formula is C16H12Br2N2O. The van der Waals surface area contributed by atoms with E-state index in [9.17, 15) is 10.1 Å². The summed E-state index contributed by atoms with van der Waals surface area (Å²) in [7, 11) is 0. The molecule has 1 N–H and O–H groups in total. The maximum Gasteiger partial charge on any atom is 0.242 e. The Morgan fingerprint density at radius 3 is 2.52 bits per heavy atom. The van der Waals surface area contributed by atoms with Gasteiger partial charge in [-0.25, -0.2) is 0 Å². The minimum Gasteiger partial charge on any atom is -0.324 e. The number of nitrogens with zero attached hydrogens (tertiary/aromatic N) is 1. The Morgan fingerprint density at radius 1 is 1.19 bits per heavy atom. The van der Waals surface area contributed by atoms with Crippen LogP contribution >= 0.6 is 31.9 Å². The van der Waals surface area contributed by atoms with E-state index in [-0.39, 0.29) is 5.91 Å². The molecule has 0 saturated heterocycles. The number of halogens is 2. The maximum absolute atomic E-state index is 12.2. The van der Waals surface area contributed by atoms with Gasteiger partial charge in [0.15, 0.2) is 0 Å². The highest BCUT2D eigenvalue weighted by atomic mass is 79.9. The lowest BCUT2D eigenvalue weighted by Crippen LogP contribution is -2.23. The molecule has 0 saturated carbocycles. The Balaban J connectivity index is 2.09. The summed E-state index contributed by atoms with van der Waals surface area (Å²) >= 11 is 6.74. The zero-order valence-corrected chi connectivity index (χ0v) is 14.2. The molecule has 0 aliphatic carbocycles. The zero-order chi connectivity index (χ0) is 15.2. The van der Waals surface area contributed by atoms with Gasteiger partial charge in [-0.15, -0.1) is 0 Å². The van der Waals surface area contributed by atoms with E-state index in [2.05, 4.69) is 43.2 Å². The topological polar surface area (TPSA) is 52.9 Å². The van der Waals surface area contributed by atoms with Crippen molar-refractivity contribution < 1.29 is 4.79 Å². The minimum absolute atomic E-state index is 0.302. The van der Waals surface area contributed by atoms with Crippen LogP contribution in [0.5, 0.6) is 0 Å². The molecule has 1 unspecified atom stereocenters. The van der Waals surface area contributed by atoms with Crippen LogP contribution in [0.3, 0.4) is 0 Å². The minimum atomic E-state index is -0.719. The quantitative estimate of drug-likeness (QED) is 0.809. The zero-order valence-electron chi connectivity index (χ0n) is 11.0. The monoisotopic (exact) mass is 406 g/mol. The molecule has 1 atom stereocenters. The number of carbonyl (C=O) groups excluding carboxylic acids is 1. The summed E-state index contributed by atoms with van der Waals surface area (Å²) in [6, 6.07) is 17.0. The molecule has 0 aliphatic rings. The Bertz CT molecular complexity index is 680. The molecule has 0 radical (unpaired) electrons. The molecule has 0 heterocycles. The highest BCUT2D eigenvalue weighted by Crippen LogP contribution is 2.26. The first-order valence-corrected chi connectivity index (χ1v) is 7.88. The lowest BCUT2D eigenvalue weighted by molar-refractivity contribution is -0.118. The first kappa shape index (κ1) is 15.7. The molecular weight excluding hydrogens is 396 g/mol. The number of anilines is 1. The molecule has 1 amide bonds. The molecule has 2 rings (SSSR count). The maximum atomic E-state index is 12.2. The lowest BCUT2D eigenvalue weighted by Gasteiger charge is -2.12. The van der Waals surface area contributed by atoms with Gasteiger partial charge in [0.2, 0.25) is 5.91 Å². The highest BCUT2D eigenvalue weighted by Gasteiger charge is 2.19. The van der Waals surface area contributed by atoms with Gasteiger partial charge in [0.05, 0.1) is 11.8 Å². The number of hydrogen-bond donors (Lipinski definition) is 1. The Morgan fingerprint density at radius 2 is 1.90 bits per heavy atom. The number of nitrogens with one attached hydrogen (secondary N) is 1. The van der Waals surface area contributed by atoms with Crippen LogP contribution in [0.4, 0.5) is 5.69 Å². The number of hydrogen-bond acceptors (Lipinski definition) is 2. The van der Waals surface area contributed by atoms with E-state index < -0.39 is 5.92 Å². The van der Waals surface area contributed by atoms with Crippen molar-refractivity contribution in [2.24, 2.45) is 5.92 Å². The van der Waals surface area contributed by atoms with Crippen LogP contribution < -0.4 is 5.32 Å². The smallest absolute Gasteiger partial charge is 0.242 e.